The maximum Gasteiger partial charge on any atom is 0.408 e. The van der Waals surface area contributed by atoms with Gasteiger partial charge in [-0.3, -0.25) is 4.90 Å². The molecule has 1 fully saturated rings. The van der Waals surface area contributed by atoms with E-state index < -0.39 is 0 Å². The van der Waals surface area contributed by atoms with Gasteiger partial charge in [0.25, 0.3) is 0 Å². The van der Waals surface area contributed by atoms with E-state index in [1.807, 2.05) is 0 Å². The molecule has 96 valence electrons. The normalized spacial score (nSPS) is 29.9. The van der Waals surface area contributed by atoms with E-state index in [9.17, 15) is 4.79 Å². The lowest BCUT2D eigenvalue weighted by atomic mass is 10.0. The fraction of sp³-hybridized carbons (Fsp3) is 0.769. The largest absolute Gasteiger partial charge is 0.433 e. The van der Waals surface area contributed by atoms with Crippen LogP contribution in [0.1, 0.15) is 26.7 Å². The van der Waals surface area contributed by atoms with E-state index in [4.69, 9.17) is 4.74 Å². The van der Waals surface area contributed by atoms with E-state index >= 15 is 0 Å². The Labute approximate surface area is 103 Å². The third-order valence-electron chi connectivity index (χ3n) is 3.85. The number of alkyl carbamates (subject to hydrolysis) is 1. The molecular weight excluding hydrogens is 216 g/mol. The molecule has 2 bridgehead atoms. The van der Waals surface area contributed by atoms with Crippen molar-refractivity contribution in [1.82, 2.24) is 10.2 Å². The molecule has 0 unspecified atom stereocenters. The Morgan fingerprint density at radius 2 is 2.12 bits per heavy atom. The van der Waals surface area contributed by atoms with Gasteiger partial charge in [-0.25, -0.2) is 4.79 Å². The van der Waals surface area contributed by atoms with Crippen LogP contribution >= 0.6 is 0 Å². The first-order valence-corrected chi connectivity index (χ1v) is 6.56. The smallest absolute Gasteiger partial charge is 0.408 e. The highest BCUT2D eigenvalue weighted by Crippen LogP contribution is 2.38. The van der Waals surface area contributed by atoms with Crippen molar-refractivity contribution in [3.63, 3.8) is 0 Å². The van der Waals surface area contributed by atoms with Gasteiger partial charge < -0.3 is 10.1 Å². The van der Waals surface area contributed by atoms with Crippen LogP contribution in [0.15, 0.2) is 12.2 Å². The van der Waals surface area contributed by atoms with Gasteiger partial charge in [0, 0.05) is 6.04 Å². The molecule has 1 amide bonds. The lowest BCUT2D eigenvalue weighted by Gasteiger charge is -2.22. The van der Waals surface area contributed by atoms with Crippen molar-refractivity contribution in [2.45, 2.75) is 32.7 Å². The topological polar surface area (TPSA) is 41.6 Å². The molecule has 2 aliphatic rings. The molecule has 4 nitrogen and oxygen atoms in total. The van der Waals surface area contributed by atoms with E-state index in [2.05, 4.69) is 36.2 Å². The van der Waals surface area contributed by atoms with Crippen molar-refractivity contribution >= 4 is 6.09 Å². The van der Waals surface area contributed by atoms with Gasteiger partial charge in [-0.15, -0.1) is 0 Å². The monoisotopic (exact) mass is 238 g/mol. The van der Waals surface area contributed by atoms with Crippen LogP contribution in [0.5, 0.6) is 0 Å². The van der Waals surface area contributed by atoms with E-state index in [1.54, 1.807) is 0 Å². The Bertz CT molecular complexity index is 300. The summed E-state index contributed by atoms with van der Waals surface area (Å²) < 4.78 is 5.21. The second-order valence-corrected chi connectivity index (χ2v) is 4.90. The number of hydrogen-bond acceptors (Lipinski definition) is 3. The van der Waals surface area contributed by atoms with Gasteiger partial charge >= 0.3 is 6.09 Å². The number of amides is 1. The molecule has 0 aromatic rings. The zero-order chi connectivity index (χ0) is 12.3. The third-order valence-corrected chi connectivity index (χ3v) is 3.85. The Kier molecular flexibility index (Phi) is 4.05. The van der Waals surface area contributed by atoms with Crippen LogP contribution < -0.4 is 5.32 Å². The molecule has 0 spiro atoms. The van der Waals surface area contributed by atoms with Gasteiger partial charge in [0.2, 0.25) is 0 Å². The highest BCUT2D eigenvalue weighted by atomic mass is 16.6. The van der Waals surface area contributed by atoms with Gasteiger partial charge in [0.1, 0.15) is 6.73 Å². The highest BCUT2D eigenvalue weighted by Gasteiger charge is 2.36. The van der Waals surface area contributed by atoms with Gasteiger partial charge in [0.05, 0.1) is 0 Å². The van der Waals surface area contributed by atoms with Crippen molar-refractivity contribution in [1.29, 1.82) is 0 Å². The second kappa shape index (κ2) is 5.54. The Hall–Kier alpha value is -1.03. The molecule has 1 saturated carbocycles. The molecule has 0 aliphatic heterocycles. The van der Waals surface area contributed by atoms with E-state index in [-0.39, 0.29) is 12.1 Å². The maximum absolute atomic E-state index is 11.6. The molecule has 0 saturated heterocycles. The molecule has 2 rings (SSSR count). The molecule has 17 heavy (non-hydrogen) atoms. The van der Waals surface area contributed by atoms with Crippen LogP contribution in [0.3, 0.4) is 0 Å². The summed E-state index contributed by atoms with van der Waals surface area (Å²) >= 11 is 0. The van der Waals surface area contributed by atoms with Crippen LogP contribution in [0.25, 0.3) is 0 Å². The first-order chi connectivity index (χ1) is 8.22. The third kappa shape index (κ3) is 3.00. The molecule has 2 aliphatic carbocycles. The number of fused-ring (bicyclic) bond motifs is 2. The van der Waals surface area contributed by atoms with Gasteiger partial charge in [-0.1, -0.05) is 26.0 Å². The minimum absolute atomic E-state index is 0.275. The fourth-order valence-electron chi connectivity index (χ4n) is 2.70. The van der Waals surface area contributed by atoms with Crippen molar-refractivity contribution in [3.8, 4) is 0 Å². The Morgan fingerprint density at radius 1 is 1.35 bits per heavy atom. The number of hydrogen-bond donors (Lipinski definition) is 1. The minimum Gasteiger partial charge on any atom is -0.433 e. The Balaban J connectivity index is 1.69. The van der Waals surface area contributed by atoms with Crippen molar-refractivity contribution < 1.29 is 9.53 Å². The predicted octanol–water partition coefficient (Wildman–Crippen LogP) is 1.98. The van der Waals surface area contributed by atoms with Crippen LogP contribution in [-0.2, 0) is 4.74 Å². The lowest BCUT2D eigenvalue weighted by molar-refractivity contribution is 0.0718. The summed E-state index contributed by atoms with van der Waals surface area (Å²) in [6.07, 6.45) is 6.48. The summed E-state index contributed by atoms with van der Waals surface area (Å²) in [5.74, 6) is 1.20. The van der Waals surface area contributed by atoms with Crippen molar-refractivity contribution in [3.05, 3.63) is 12.2 Å². The first kappa shape index (κ1) is 12.4. The number of rotatable bonds is 5. The fourth-order valence-corrected chi connectivity index (χ4v) is 2.70. The average molecular weight is 238 g/mol. The molecule has 4 heteroatoms. The molecule has 0 radical (unpaired) electrons. The predicted molar refractivity (Wildman–Crippen MR) is 66.5 cm³/mol. The summed E-state index contributed by atoms with van der Waals surface area (Å²) in [5, 5.41) is 2.97. The van der Waals surface area contributed by atoms with Crippen LogP contribution in [0.2, 0.25) is 0 Å². The average Bonchev–Trinajstić information content (AvgIpc) is 2.92. The zero-order valence-corrected chi connectivity index (χ0v) is 10.7. The van der Waals surface area contributed by atoms with E-state index in [0.717, 1.165) is 19.5 Å². The molecule has 0 aromatic carbocycles. The van der Waals surface area contributed by atoms with Gasteiger partial charge in [-0.2, -0.15) is 0 Å². The summed E-state index contributed by atoms with van der Waals surface area (Å²) in [6, 6.07) is 0.286. The molecular formula is C13H22N2O2. The van der Waals surface area contributed by atoms with Crippen LogP contribution in [-0.4, -0.2) is 36.9 Å². The number of nitrogens with one attached hydrogen (secondary N) is 1. The molecule has 0 aromatic heterocycles. The SMILES string of the molecule is CCN(CC)COC(=O)N[C@@H]1C[C@H]2C=C[C@H]1C2. The first-order valence-electron chi connectivity index (χ1n) is 6.56. The summed E-state index contributed by atoms with van der Waals surface area (Å²) in [4.78, 5) is 13.7. The molecule has 1 N–H and O–H groups in total. The number of carbonyl (C=O) groups excluding carboxylic acids is 1. The maximum atomic E-state index is 11.6. The quantitative estimate of drug-likeness (QED) is 0.588. The van der Waals surface area contributed by atoms with Gasteiger partial charge in [0.15, 0.2) is 0 Å². The van der Waals surface area contributed by atoms with Crippen LogP contribution in [0.4, 0.5) is 4.79 Å². The number of ether oxygens (including phenoxy) is 1. The molecule has 0 heterocycles. The standard InChI is InChI=1S/C13H22N2O2/c1-3-15(4-2)9-17-13(16)14-12-8-10-5-6-11(12)7-10/h5-6,10-12H,3-4,7-9H2,1-2H3,(H,14,16)/t10-,11-,12+/m0/s1. The van der Waals surface area contributed by atoms with Crippen LogP contribution in [0, 0.1) is 11.8 Å². The van der Waals surface area contributed by atoms with E-state index in [1.165, 1.54) is 6.42 Å². The lowest BCUT2D eigenvalue weighted by Crippen LogP contribution is -2.39. The summed E-state index contributed by atoms with van der Waals surface area (Å²) in [7, 11) is 0. The summed E-state index contributed by atoms with van der Waals surface area (Å²) in [5.41, 5.74) is 0. The highest BCUT2D eigenvalue weighted by molar-refractivity contribution is 5.67. The number of allylic oxidation sites excluding steroid dienone is 1. The minimum atomic E-state index is -0.275. The van der Waals surface area contributed by atoms with E-state index in [0.29, 0.717) is 18.6 Å². The molecule has 3 atom stereocenters. The van der Waals surface area contributed by atoms with Crippen molar-refractivity contribution in [2.24, 2.45) is 11.8 Å². The Morgan fingerprint density at radius 3 is 2.65 bits per heavy atom. The number of nitrogens with zero attached hydrogens (tertiary/aromatic N) is 1. The second-order valence-electron chi connectivity index (χ2n) is 4.90. The number of carbonyl (C=O) groups is 1. The summed E-state index contributed by atoms with van der Waals surface area (Å²) in [6.45, 7) is 6.31. The van der Waals surface area contributed by atoms with Gasteiger partial charge in [-0.05, 0) is 37.8 Å². The zero-order valence-electron chi connectivity index (χ0n) is 10.7. The van der Waals surface area contributed by atoms with Crippen molar-refractivity contribution in [2.75, 3.05) is 19.8 Å².